The number of carbonyl (C=O) groups is 3. The van der Waals surface area contributed by atoms with E-state index in [1.54, 1.807) is 0 Å². The van der Waals surface area contributed by atoms with Crippen molar-refractivity contribution < 1.29 is 42.9 Å². The number of carboxylic acid groups (broad SMARTS) is 1. The zero-order valence-corrected chi connectivity index (χ0v) is 51.7. The van der Waals surface area contributed by atoms with E-state index in [1.807, 2.05) is 21.1 Å². The van der Waals surface area contributed by atoms with Gasteiger partial charge < -0.3 is 33.3 Å². The van der Waals surface area contributed by atoms with Gasteiger partial charge in [0.1, 0.15) is 13.2 Å². The molecule has 0 aromatic carbocycles. The smallest absolute Gasteiger partial charge is 0.306 e. The lowest BCUT2D eigenvalue weighted by Crippen LogP contribution is -2.44. The second-order valence-corrected chi connectivity index (χ2v) is 22.6. The van der Waals surface area contributed by atoms with Gasteiger partial charge in [-0.3, -0.25) is 9.59 Å². The zero-order chi connectivity index (χ0) is 57.6. The van der Waals surface area contributed by atoms with Gasteiger partial charge in [0.25, 0.3) is 0 Å². The Morgan fingerprint density at radius 2 is 0.684 bits per heavy atom. The van der Waals surface area contributed by atoms with E-state index in [0.717, 1.165) is 89.9 Å². The molecule has 0 N–H and O–H groups in total. The fraction of sp³-hybridized carbons (Fsp3) is 0.729. The Balaban J connectivity index is 4.14. The topological polar surface area (TPSA) is 111 Å². The normalized spacial score (nSPS) is 13.4. The van der Waals surface area contributed by atoms with Crippen molar-refractivity contribution in [1.29, 1.82) is 0 Å². The second-order valence-electron chi connectivity index (χ2n) is 22.6. The molecule has 0 aliphatic rings. The third-order valence-electron chi connectivity index (χ3n) is 13.8. The summed E-state index contributed by atoms with van der Waals surface area (Å²) >= 11 is 0. The van der Waals surface area contributed by atoms with Crippen molar-refractivity contribution in [2.45, 2.75) is 283 Å². The number of hydrogen-bond donors (Lipinski definition) is 0. The van der Waals surface area contributed by atoms with E-state index in [9.17, 15) is 19.5 Å². The number of aliphatic carboxylic acids is 1. The highest BCUT2D eigenvalue weighted by Crippen LogP contribution is 2.17. The molecule has 0 radical (unpaired) electrons. The molecule has 2 unspecified atom stereocenters. The van der Waals surface area contributed by atoms with Crippen LogP contribution in [0.3, 0.4) is 0 Å². The Kier molecular flexibility index (Phi) is 57.4. The number of esters is 2. The highest BCUT2D eigenvalue weighted by molar-refractivity contribution is 5.70. The summed E-state index contributed by atoms with van der Waals surface area (Å²) in [5.41, 5.74) is 0. The van der Waals surface area contributed by atoms with Crippen LogP contribution in [0.5, 0.6) is 0 Å². The molecule has 0 spiro atoms. The molecule has 0 saturated carbocycles. The highest BCUT2D eigenvalue weighted by atomic mass is 16.7. The van der Waals surface area contributed by atoms with Gasteiger partial charge in [-0.15, -0.1) is 0 Å². The number of unbranched alkanes of at least 4 members (excludes halogenated alkanes) is 28. The predicted molar refractivity (Wildman–Crippen MR) is 334 cm³/mol. The SMILES string of the molecule is CC/C=C\C/C=C\C/C=C\C/C=C\CCCCCCCCCCCCCCCCCCCCC(=O)OC(COC(=O)CCCCCCCCCCCC/C=C\C/C=C\C/C=C\C/C=C\CC)COC(OCC[N+](C)(C)C)C(=O)[O-]. The maximum Gasteiger partial charge on any atom is 0.306 e. The van der Waals surface area contributed by atoms with Crippen molar-refractivity contribution in [2.24, 2.45) is 0 Å². The lowest BCUT2D eigenvalue weighted by molar-refractivity contribution is -0.870. The number of allylic oxidation sites excluding steroid dienone is 16. The van der Waals surface area contributed by atoms with Gasteiger partial charge in [-0.05, 0) is 89.9 Å². The summed E-state index contributed by atoms with van der Waals surface area (Å²) in [4.78, 5) is 37.4. The van der Waals surface area contributed by atoms with Gasteiger partial charge in [0.15, 0.2) is 12.4 Å². The summed E-state index contributed by atoms with van der Waals surface area (Å²) < 4.78 is 22.8. The maximum absolute atomic E-state index is 12.9. The first-order valence-electron chi connectivity index (χ1n) is 32.4. The maximum atomic E-state index is 12.9. The van der Waals surface area contributed by atoms with E-state index in [-0.39, 0.29) is 38.6 Å². The molecule has 0 aliphatic carbocycles. The Morgan fingerprint density at radius 3 is 1.01 bits per heavy atom. The molecule has 0 saturated heterocycles. The Morgan fingerprint density at radius 1 is 0.380 bits per heavy atom. The first-order chi connectivity index (χ1) is 38.6. The van der Waals surface area contributed by atoms with Gasteiger partial charge in [0.2, 0.25) is 0 Å². The van der Waals surface area contributed by atoms with Crippen LogP contribution < -0.4 is 5.11 Å². The molecule has 0 bridgehead atoms. The molecule has 79 heavy (non-hydrogen) atoms. The van der Waals surface area contributed by atoms with E-state index in [0.29, 0.717) is 17.4 Å². The summed E-state index contributed by atoms with van der Waals surface area (Å²) in [6, 6.07) is 0. The van der Waals surface area contributed by atoms with Gasteiger partial charge in [0, 0.05) is 12.8 Å². The van der Waals surface area contributed by atoms with E-state index in [1.165, 1.54) is 148 Å². The van der Waals surface area contributed by atoms with Gasteiger partial charge in [-0.25, -0.2) is 0 Å². The summed E-state index contributed by atoms with van der Waals surface area (Å²) in [6.07, 6.45) is 79.0. The highest BCUT2D eigenvalue weighted by Gasteiger charge is 2.22. The average Bonchev–Trinajstić information content (AvgIpc) is 3.42. The fourth-order valence-corrected chi connectivity index (χ4v) is 8.93. The number of hydrogen-bond acceptors (Lipinski definition) is 8. The molecule has 0 amide bonds. The fourth-order valence-electron chi connectivity index (χ4n) is 8.93. The lowest BCUT2D eigenvalue weighted by Gasteiger charge is -2.26. The number of carboxylic acids is 1. The number of quaternary nitrogens is 1. The van der Waals surface area contributed by atoms with Gasteiger partial charge in [-0.1, -0.05) is 265 Å². The van der Waals surface area contributed by atoms with E-state index < -0.39 is 24.3 Å². The van der Waals surface area contributed by atoms with Crippen LogP contribution in [0.4, 0.5) is 0 Å². The van der Waals surface area contributed by atoms with Crippen LogP contribution in [0.15, 0.2) is 97.2 Å². The minimum atomic E-state index is -1.63. The minimum Gasteiger partial charge on any atom is -0.545 e. The van der Waals surface area contributed by atoms with Crippen molar-refractivity contribution in [3.05, 3.63) is 97.2 Å². The van der Waals surface area contributed by atoms with Crippen molar-refractivity contribution >= 4 is 17.9 Å². The van der Waals surface area contributed by atoms with Crippen LogP contribution in [-0.2, 0) is 33.3 Å². The number of nitrogens with zero attached hydrogens (tertiary/aromatic N) is 1. The van der Waals surface area contributed by atoms with Crippen LogP contribution in [0.1, 0.15) is 271 Å². The van der Waals surface area contributed by atoms with E-state index >= 15 is 0 Å². The van der Waals surface area contributed by atoms with E-state index in [4.69, 9.17) is 18.9 Å². The summed E-state index contributed by atoms with van der Waals surface area (Å²) in [5, 5.41) is 11.8. The van der Waals surface area contributed by atoms with Crippen LogP contribution in [-0.4, -0.2) is 82.3 Å². The number of carbonyl (C=O) groups excluding carboxylic acids is 3. The van der Waals surface area contributed by atoms with Crippen molar-refractivity contribution in [3.8, 4) is 0 Å². The number of likely N-dealkylation sites (N-methyl/N-ethyl adjacent to an activating group) is 1. The van der Waals surface area contributed by atoms with Gasteiger partial charge in [0.05, 0.1) is 40.3 Å². The molecular weight excluding hydrogens is 983 g/mol. The van der Waals surface area contributed by atoms with Crippen LogP contribution >= 0.6 is 0 Å². The van der Waals surface area contributed by atoms with Crippen LogP contribution in [0, 0.1) is 0 Å². The second kappa shape index (κ2) is 60.3. The first kappa shape index (κ1) is 75.2. The standard InChI is InChI=1S/C70H121NO8/c1-6-8-10-12-14-16-18-20-22-24-26-28-30-31-32-33-34-35-36-37-39-41-43-45-47-49-51-53-55-57-59-61-68(73)79-66(65-78-70(69(74)75)76-63-62-71(3,4)5)64-77-67(72)60-58-56-54-52-50-48-46-44-42-40-38-29-27-25-23-21-19-17-15-13-11-9-7-2/h8-11,14-17,20-23,26-29,66,70H,6-7,12-13,18-19,24-25,30-65H2,1-5H3/b10-8-,11-9-,16-14-,17-15-,22-20-,23-21-,28-26-,29-27-. The van der Waals surface area contributed by atoms with Gasteiger partial charge >= 0.3 is 11.9 Å². The van der Waals surface area contributed by atoms with Crippen molar-refractivity contribution in [2.75, 3.05) is 47.5 Å². The average molecular weight is 1100 g/mol. The molecule has 0 aliphatic heterocycles. The molecular formula is C70H121NO8. The Bertz CT molecular complexity index is 1620. The van der Waals surface area contributed by atoms with Crippen LogP contribution in [0.25, 0.3) is 0 Å². The Hall–Kier alpha value is -3.79. The third-order valence-corrected chi connectivity index (χ3v) is 13.8. The molecule has 0 aromatic heterocycles. The summed E-state index contributed by atoms with van der Waals surface area (Å²) in [6.45, 7) is 4.54. The van der Waals surface area contributed by atoms with Gasteiger partial charge in [-0.2, -0.15) is 0 Å². The molecule has 0 rings (SSSR count). The molecule has 2 atom stereocenters. The molecule has 0 heterocycles. The summed E-state index contributed by atoms with van der Waals surface area (Å²) in [5.74, 6) is -2.28. The molecule has 0 fully saturated rings. The summed E-state index contributed by atoms with van der Waals surface area (Å²) in [7, 11) is 5.93. The predicted octanol–water partition coefficient (Wildman–Crippen LogP) is 18.4. The zero-order valence-electron chi connectivity index (χ0n) is 51.7. The quantitative estimate of drug-likeness (QED) is 0.0195. The third kappa shape index (κ3) is 61.7. The lowest BCUT2D eigenvalue weighted by atomic mass is 10.0. The molecule has 9 heteroatoms. The molecule has 454 valence electrons. The molecule has 0 aromatic rings. The Labute approximate surface area is 486 Å². The van der Waals surface area contributed by atoms with Crippen LogP contribution in [0.2, 0.25) is 0 Å². The monoisotopic (exact) mass is 1100 g/mol. The van der Waals surface area contributed by atoms with Crippen molar-refractivity contribution in [1.82, 2.24) is 0 Å². The van der Waals surface area contributed by atoms with Crippen molar-refractivity contribution in [3.63, 3.8) is 0 Å². The number of rotatable bonds is 59. The largest absolute Gasteiger partial charge is 0.545 e. The molecule has 9 nitrogen and oxygen atoms in total. The van der Waals surface area contributed by atoms with E-state index in [2.05, 4.69) is 111 Å². The first-order valence-corrected chi connectivity index (χ1v) is 32.4. The number of ether oxygens (including phenoxy) is 4. The minimum absolute atomic E-state index is 0.144.